The van der Waals surface area contributed by atoms with Gasteiger partial charge in [0.05, 0.1) is 5.69 Å². The molecule has 0 fully saturated rings. The van der Waals surface area contributed by atoms with E-state index < -0.39 is 0 Å². The van der Waals surface area contributed by atoms with Crippen molar-refractivity contribution >= 4 is 11.8 Å². The van der Waals surface area contributed by atoms with Crippen molar-refractivity contribution in [1.82, 2.24) is 9.97 Å². The molecule has 0 bridgehead atoms. The van der Waals surface area contributed by atoms with Crippen LogP contribution in [0.5, 0.6) is 0 Å². The fourth-order valence-electron chi connectivity index (χ4n) is 1.60. The third-order valence-electron chi connectivity index (χ3n) is 2.47. The summed E-state index contributed by atoms with van der Waals surface area (Å²) in [6.45, 7) is 4.62. The van der Waals surface area contributed by atoms with Gasteiger partial charge < -0.3 is 5.73 Å². The molecule has 3 nitrogen and oxygen atoms in total. The number of hydrogen-bond acceptors (Lipinski definition) is 4. The molecule has 0 saturated heterocycles. The molecule has 2 N–H and O–H groups in total. The van der Waals surface area contributed by atoms with Gasteiger partial charge in [-0.3, -0.25) is 4.98 Å². The van der Waals surface area contributed by atoms with E-state index in [1.165, 1.54) is 16.0 Å². The van der Waals surface area contributed by atoms with Gasteiger partial charge in [-0.15, -0.1) is 0 Å². The average Bonchev–Trinajstić information content (AvgIpc) is 2.33. The van der Waals surface area contributed by atoms with Gasteiger partial charge >= 0.3 is 0 Å². The summed E-state index contributed by atoms with van der Waals surface area (Å²) in [4.78, 5) is 9.76. The quantitative estimate of drug-likeness (QED) is 0.903. The SMILES string of the molecule is Cc1ccc(Sc2nccnc2CN)c(C)c1. The Labute approximate surface area is 105 Å². The highest BCUT2D eigenvalue weighted by Crippen LogP contribution is 2.30. The summed E-state index contributed by atoms with van der Waals surface area (Å²) < 4.78 is 0. The second kappa shape index (κ2) is 5.29. The molecule has 0 aliphatic carbocycles. The molecular formula is C13H15N3S. The lowest BCUT2D eigenvalue weighted by Crippen LogP contribution is -2.02. The maximum atomic E-state index is 5.65. The van der Waals surface area contributed by atoms with Gasteiger partial charge in [-0.25, -0.2) is 4.98 Å². The van der Waals surface area contributed by atoms with Gasteiger partial charge in [-0.05, 0) is 25.5 Å². The van der Waals surface area contributed by atoms with Crippen LogP contribution in [0.3, 0.4) is 0 Å². The van der Waals surface area contributed by atoms with Crippen LogP contribution in [0.4, 0.5) is 0 Å². The molecular weight excluding hydrogens is 230 g/mol. The summed E-state index contributed by atoms with van der Waals surface area (Å²) in [7, 11) is 0. The first-order valence-electron chi connectivity index (χ1n) is 5.46. The summed E-state index contributed by atoms with van der Waals surface area (Å²) in [5.74, 6) is 0. The van der Waals surface area contributed by atoms with E-state index in [1.807, 2.05) is 0 Å². The van der Waals surface area contributed by atoms with Crippen molar-refractivity contribution in [2.75, 3.05) is 0 Å². The van der Waals surface area contributed by atoms with E-state index in [4.69, 9.17) is 5.73 Å². The van der Waals surface area contributed by atoms with E-state index >= 15 is 0 Å². The predicted octanol–water partition coefficient (Wildman–Crippen LogP) is 2.70. The Hall–Kier alpha value is -1.39. The van der Waals surface area contributed by atoms with Crippen molar-refractivity contribution in [3.05, 3.63) is 47.4 Å². The summed E-state index contributed by atoms with van der Waals surface area (Å²) >= 11 is 1.62. The topological polar surface area (TPSA) is 51.8 Å². The minimum Gasteiger partial charge on any atom is -0.325 e. The van der Waals surface area contributed by atoms with Crippen LogP contribution in [0.1, 0.15) is 16.8 Å². The molecule has 0 radical (unpaired) electrons. The molecule has 0 atom stereocenters. The number of hydrogen-bond donors (Lipinski definition) is 1. The largest absolute Gasteiger partial charge is 0.325 e. The molecule has 2 rings (SSSR count). The molecule has 0 unspecified atom stereocenters. The van der Waals surface area contributed by atoms with Gasteiger partial charge in [-0.1, -0.05) is 29.5 Å². The minimum absolute atomic E-state index is 0.418. The number of nitrogens with zero attached hydrogens (tertiary/aromatic N) is 2. The zero-order valence-electron chi connectivity index (χ0n) is 9.97. The molecule has 88 valence electrons. The maximum absolute atomic E-state index is 5.65. The van der Waals surface area contributed by atoms with Gasteiger partial charge in [0.15, 0.2) is 0 Å². The Kier molecular flexibility index (Phi) is 3.76. The van der Waals surface area contributed by atoms with Crippen molar-refractivity contribution in [1.29, 1.82) is 0 Å². The fraction of sp³-hybridized carbons (Fsp3) is 0.231. The smallest absolute Gasteiger partial charge is 0.124 e. The zero-order valence-corrected chi connectivity index (χ0v) is 10.8. The molecule has 0 aliphatic heterocycles. The van der Waals surface area contributed by atoms with Crippen molar-refractivity contribution in [2.45, 2.75) is 30.3 Å². The van der Waals surface area contributed by atoms with Gasteiger partial charge in [0, 0.05) is 23.8 Å². The molecule has 1 aromatic heterocycles. The Morgan fingerprint density at radius 1 is 1.18 bits per heavy atom. The van der Waals surface area contributed by atoms with Crippen molar-refractivity contribution < 1.29 is 0 Å². The summed E-state index contributed by atoms with van der Waals surface area (Å²) in [5.41, 5.74) is 9.02. The molecule has 0 amide bonds. The first-order chi connectivity index (χ1) is 8.20. The summed E-state index contributed by atoms with van der Waals surface area (Å²) in [6.07, 6.45) is 3.37. The first kappa shape index (κ1) is 12.1. The van der Waals surface area contributed by atoms with Crippen molar-refractivity contribution in [3.8, 4) is 0 Å². The van der Waals surface area contributed by atoms with E-state index in [0.717, 1.165) is 10.7 Å². The van der Waals surface area contributed by atoms with Crippen molar-refractivity contribution in [3.63, 3.8) is 0 Å². The van der Waals surface area contributed by atoms with E-state index in [-0.39, 0.29) is 0 Å². The van der Waals surface area contributed by atoms with Crippen LogP contribution in [0.2, 0.25) is 0 Å². The molecule has 1 aromatic carbocycles. The van der Waals surface area contributed by atoms with Crippen LogP contribution < -0.4 is 5.73 Å². The Bertz CT molecular complexity index is 526. The van der Waals surface area contributed by atoms with Gasteiger partial charge in [0.2, 0.25) is 0 Å². The van der Waals surface area contributed by atoms with Gasteiger partial charge in [-0.2, -0.15) is 0 Å². The molecule has 0 spiro atoms. The van der Waals surface area contributed by atoms with Crippen LogP contribution in [0, 0.1) is 13.8 Å². The van der Waals surface area contributed by atoms with Crippen LogP contribution in [0.15, 0.2) is 40.5 Å². The standard InChI is InChI=1S/C13H15N3S/c1-9-3-4-12(10(2)7-9)17-13-11(8-14)15-5-6-16-13/h3-7H,8,14H2,1-2H3. The second-order valence-electron chi connectivity index (χ2n) is 3.88. The maximum Gasteiger partial charge on any atom is 0.124 e. The monoisotopic (exact) mass is 245 g/mol. The predicted molar refractivity (Wildman–Crippen MR) is 70.0 cm³/mol. The van der Waals surface area contributed by atoms with Crippen LogP contribution in [-0.4, -0.2) is 9.97 Å². The lowest BCUT2D eigenvalue weighted by atomic mass is 10.2. The average molecular weight is 245 g/mol. The van der Waals surface area contributed by atoms with Crippen molar-refractivity contribution in [2.24, 2.45) is 5.73 Å². The van der Waals surface area contributed by atoms with Crippen LogP contribution in [-0.2, 0) is 6.54 Å². The van der Waals surface area contributed by atoms with E-state index in [2.05, 4.69) is 42.0 Å². The van der Waals surface area contributed by atoms with Gasteiger partial charge in [0.1, 0.15) is 5.03 Å². The zero-order chi connectivity index (χ0) is 12.3. The Balaban J connectivity index is 2.31. The highest BCUT2D eigenvalue weighted by atomic mass is 32.2. The molecule has 17 heavy (non-hydrogen) atoms. The van der Waals surface area contributed by atoms with E-state index in [1.54, 1.807) is 24.2 Å². The number of nitrogens with two attached hydrogens (primary N) is 1. The molecule has 4 heteroatoms. The number of rotatable bonds is 3. The number of aromatic nitrogens is 2. The Morgan fingerprint density at radius 3 is 2.65 bits per heavy atom. The molecule has 0 aliphatic rings. The lowest BCUT2D eigenvalue weighted by molar-refractivity contribution is 0.886. The number of benzene rings is 1. The summed E-state index contributed by atoms with van der Waals surface area (Å²) in [6, 6.07) is 6.39. The van der Waals surface area contributed by atoms with Gasteiger partial charge in [0.25, 0.3) is 0 Å². The first-order valence-corrected chi connectivity index (χ1v) is 6.27. The second-order valence-corrected chi connectivity index (χ2v) is 4.91. The molecule has 0 saturated carbocycles. The highest BCUT2D eigenvalue weighted by molar-refractivity contribution is 7.99. The minimum atomic E-state index is 0.418. The van der Waals surface area contributed by atoms with Crippen LogP contribution >= 0.6 is 11.8 Å². The molecule has 2 aromatic rings. The molecule has 1 heterocycles. The highest BCUT2D eigenvalue weighted by Gasteiger charge is 2.07. The van der Waals surface area contributed by atoms with Crippen LogP contribution in [0.25, 0.3) is 0 Å². The fourth-order valence-corrected chi connectivity index (χ4v) is 2.53. The van der Waals surface area contributed by atoms with E-state index in [9.17, 15) is 0 Å². The third-order valence-corrected chi connectivity index (χ3v) is 3.68. The Morgan fingerprint density at radius 2 is 1.94 bits per heavy atom. The van der Waals surface area contributed by atoms with E-state index in [0.29, 0.717) is 6.54 Å². The third kappa shape index (κ3) is 2.84. The lowest BCUT2D eigenvalue weighted by Gasteiger charge is -2.08. The number of aryl methyl sites for hydroxylation is 2. The summed E-state index contributed by atoms with van der Waals surface area (Å²) in [5, 5.41) is 0.891. The normalized spacial score (nSPS) is 10.5.